The maximum absolute atomic E-state index is 10.5. The topological polar surface area (TPSA) is 26.3 Å². The summed E-state index contributed by atoms with van der Waals surface area (Å²) < 4.78 is 5.33. The second-order valence-corrected chi connectivity index (χ2v) is 2.93. The van der Waals surface area contributed by atoms with E-state index in [9.17, 15) is 4.79 Å². The van der Waals surface area contributed by atoms with Crippen molar-refractivity contribution in [2.45, 2.75) is 19.8 Å². The summed E-state index contributed by atoms with van der Waals surface area (Å²) in [6.45, 7) is 4.47. The average Bonchev–Trinajstić information content (AvgIpc) is 2.18. The van der Waals surface area contributed by atoms with Crippen LogP contribution < -0.4 is 4.74 Å². The molecule has 2 nitrogen and oxygen atoms in total. The van der Waals surface area contributed by atoms with E-state index >= 15 is 0 Å². The van der Waals surface area contributed by atoms with Gasteiger partial charge in [-0.2, -0.15) is 0 Å². The normalized spacial score (nSPS) is 12.2. The summed E-state index contributed by atoms with van der Waals surface area (Å²) in [5.41, 5.74) is 1.00. The molecular weight excluding hydrogens is 164 g/mol. The number of ether oxygens (including phenoxy) is 1. The quantitative estimate of drug-likeness (QED) is 0.662. The van der Waals surface area contributed by atoms with E-state index in [1.807, 2.05) is 38.1 Å². The highest BCUT2D eigenvalue weighted by Crippen LogP contribution is 2.18. The van der Waals surface area contributed by atoms with Crippen molar-refractivity contribution in [2.24, 2.45) is 0 Å². The lowest BCUT2D eigenvalue weighted by atomic mass is 10.0. The van der Waals surface area contributed by atoms with Gasteiger partial charge in [-0.3, -0.25) is 0 Å². The monoisotopic (exact) mass is 178 g/mol. The zero-order valence-corrected chi connectivity index (χ0v) is 7.99. The van der Waals surface area contributed by atoms with Gasteiger partial charge in [0, 0.05) is 5.92 Å². The standard InChI is InChI=1S/C11H14O2/c1-3-13-11-6-4-5-10(7-11)9(2)8-12/h4-9H,3H2,1-2H3. The van der Waals surface area contributed by atoms with E-state index in [2.05, 4.69) is 0 Å². The second kappa shape index (κ2) is 4.65. The molecule has 0 saturated heterocycles. The van der Waals surface area contributed by atoms with E-state index < -0.39 is 0 Å². The lowest BCUT2D eigenvalue weighted by Crippen LogP contribution is -1.96. The lowest BCUT2D eigenvalue weighted by Gasteiger charge is -2.07. The summed E-state index contributed by atoms with van der Waals surface area (Å²) in [7, 11) is 0. The van der Waals surface area contributed by atoms with Crippen LogP contribution in [-0.2, 0) is 4.79 Å². The van der Waals surface area contributed by atoms with Gasteiger partial charge in [0.15, 0.2) is 0 Å². The molecule has 0 spiro atoms. The van der Waals surface area contributed by atoms with E-state index in [4.69, 9.17) is 4.74 Å². The van der Waals surface area contributed by atoms with Crippen LogP contribution in [0.25, 0.3) is 0 Å². The van der Waals surface area contributed by atoms with Crippen molar-refractivity contribution in [3.63, 3.8) is 0 Å². The molecule has 1 aromatic rings. The average molecular weight is 178 g/mol. The Morgan fingerprint density at radius 1 is 1.54 bits per heavy atom. The molecule has 1 aromatic carbocycles. The van der Waals surface area contributed by atoms with Crippen LogP contribution in [0.2, 0.25) is 0 Å². The number of carbonyl (C=O) groups excluding carboxylic acids is 1. The third-order valence-electron chi connectivity index (χ3n) is 1.90. The molecule has 70 valence electrons. The summed E-state index contributed by atoms with van der Waals surface area (Å²) in [4.78, 5) is 10.5. The molecule has 0 aliphatic carbocycles. The number of aldehydes is 1. The third-order valence-corrected chi connectivity index (χ3v) is 1.90. The molecule has 1 atom stereocenters. The van der Waals surface area contributed by atoms with E-state index in [0.717, 1.165) is 17.6 Å². The molecule has 0 saturated carbocycles. The van der Waals surface area contributed by atoms with Gasteiger partial charge in [-0.1, -0.05) is 19.1 Å². The third kappa shape index (κ3) is 2.58. The highest BCUT2D eigenvalue weighted by atomic mass is 16.5. The Labute approximate surface area is 78.5 Å². The molecule has 0 heterocycles. The van der Waals surface area contributed by atoms with Crippen molar-refractivity contribution in [1.82, 2.24) is 0 Å². The molecule has 13 heavy (non-hydrogen) atoms. The summed E-state index contributed by atoms with van der Waals surface area (Å²) in [5.74, 6) is 0.772. The van der Waals surface area contributed by atoms with Crippen molar-refractivity contribution in [2.75, 3.05) is 6.61 Å². The predicted octanol–water partition coefficient (Wildman–Crippen LogP) is 2.39. The Balaban J connectivity index is 2.84. The van der Waals surface area contributed by atoms with Gasteiger partial charge in [-0.25, -0.2) is 0 Å². The first kappa shape index (κ1) is 9.78. The molecule has 0 bridgehead atoms. The van der Waals surface area contributed by atoms with Gasteiger partial charge < -0.3 is 9.53 Å². The van der Waals surface area contributed by atoms with E-state index in [0.29, 0.717) is 6.61 Å². The molecule has 0 radical (unpaired) electrons. The summed E-state index contributed by atoms with van der Waals surface area (Å²) >= 11 is 0. The zero-order chi connectivity index (χ0) is 9.68. The van der Waals surface area contributed by atoms with Gasteiger partial charge in [-0.05, 0) is 24.6 Å². The fraction of sp³-hybridized carbons (Fsp3) is 0.364. The van der Waals surface area contributed by atoms with Gasteiger partial charge in [0.05, 0.1) is 6.61 Å². The van der Waals surface area contributed by atoms with Gasteiger partial charge in [0.2, 0.25) is 0 Å². The van der Waals surface area contributed by atoms with Gasteiger partial charge >= 0.3 is 0 Å². The largest absolute Gasteiger partial charge is 0.494 e. The van der Waals surface area contributed by atoms with Crippen molar-refractivity contribution in [3.05, 3.63) is 29.8 Å². The van der Waals surface area contributed by atoms with Gasteiger partial charge in [0.1, 0.15) is 12.0 Å². The predicted molar refractivity (Wildman–Crippen MR) is 52.1 cm³/mol. The Bertz CT molecular complexity index is 281. The van der Waals surface area contributed by atoms with E-state index in [1.165, 1.54) is 0 Å². The van der Waals surface area contributed by atoms with Crippen LogP contribution >= 0.6 is 0 Å². The van der Waals surface area contributed by atoms with Crippen LogP contribution in [0.1, 0.15) is 25.3 Å². The van der Waals surface area contributed by atoms with Crippen molar-refractivity contribution >= 4 is 6.29 Å². The van der Waals surface area contributed by atoms with Crippen LogP contribution in [0.15, 0.2) is 24.3 Å². The molecule has 0 N–H and O–H groups in total. The Hall–Kier alpha value is -1.31. The molecular formula is C11H14O2. The molecule has 0 aliphatic rings. The van der Waals surface area contributed by atoms with Crippen LogP contribution in [0.5, 0.6) is 5.75 Å². The zero-order valence-electron chi connectivity index (χ0n) is 7.99. The molecule has 1 rings (SSSR count). The van der Waals surface area contributed by atoms with Gasteiger partial charge in [-0.15, -0.1) is 0 Å². The van der Waals surface area contributed by atoms with Crippen LogP contribution in [0, 0.1) is 0 Å². The molecule has 0 amide bonds. The number of benzene rings is 1. The fourth-order valence-corrected chi connectivity index (χ4v) is 1.13. The minimum atomic E-state index is -0.0552. The van der Waals surface area contributed by atoms with Gasteiger partial charge in [0.25, 0.3) is 0 Å². The fourth-order valence-electron chi connectivity index (χ4n) is 1.13. The first-order valence-corrected chi connectivity index (χ1v) is 4.46. The van der Waals surface area contributed by atoms with Crippen molar-refractivity contribution < 1.29 is 9.53 Å². The lowest BCUT2D eigenvalue weighted by molar-refractivity contribution is -0.108. The highest BCUT2D eigenvalue weighted by Gasteiger charge is 2.03. The number of hydrogen-bond acceptors (Lipinski definition) is 2. The van der Waals surface area contributed by atoms with E-state index in [1.54, 1.807) is 0 Å². The minimum Gasteiger partial charge on any atom is -0.494 e. The molecule has 0 aromatic heterocycles. The smallest absolute Gasteiger partial charge is 0.127 e. The summed E-state index contributed by atoms with van der Waals surface area (Å²) in [6.07, 6.45) is 0.936. The molecule has 0 fully saturated rings. The van der Waals surface area contributed by atoms with Crippen molar-refractivity contribution in [3.8, 4) is 5.75 Å². The second-order valence-electron chi connectivity index (χ2n) is 2.93. The minimum absolute atomic E-state index is 0.0552. The molecule has 1 unspecified atom stereocenters. The first-order chi connectivity index (χ1) is 6.27. The Morgan fingerprint density at radius 3 is 2.92 bits per heavy atom. The number of carbonyl (C=O) groups is 1. The molecule has 2 heteroatoms. The van der Waals surface area contributed by atoms with Crippen molar-refractivity contribution in [1.29, 1.82) is 0 Å². The Morgan fingerprint density at radius 2 is 2.31 bits per heavy atom. The summed E-state index contributed by atoms with van der Waals surface area (Å²) in [6, 6.07) is 7.63. The SMILES string of the molecule is CCOc1cccc(C(C)C=O)c1. The Kier molecular flexibility index (Phi) is 3.50. The van der Waals surface area contributed by atoms with E-state index in [-0.39, 0.29) is 5.92 Å². The maximum atomic E-state index is 10.5. The number of hydrogen-bond donors (Lipinski definition) is 0. The van der Waals surface area contributed by atoms with Crippen LogP contribution in [0.4, 0.5) is 0 Å². The number of rotatable bonds is 4. The highest BCUT2D eigenvalue weighted by molar-refractivity contribution is 5.61. The summed E-state index contributed by atoms with van der Waals surface area (Å²) in [5, 5.41) is 0. The maximum Gasteiger partial charge on any atom is 0.127 e. The molecule has 0 aliphatic heterocycles. The van der Waals surface area contributed by atoms with Crippen LogP contribution in [0.3, 0.4) is 0 Å². The van der Waals surface area contributed by atoms with Crippen LogP contribution in [-0.4, -0.2) is 12.9 Å². The first-order valence-electron chi connectivity index (χ1n) is 4.46.